The molecule has 0 aromatic heterocycles. The van der Waals surface area contributed by atoms with Crippen molar-refractivity contribution in [1.29, 1.82) is 0 Å². The fraction of sp³-hybridized carbons (Fsp3) is 0.594. The molecule has 2 heterocycles. The summed E-state index contributed by atoms with van der Waals surface area (Å²) in [5.74, 6) is -8.76. The third-order valence-electron chi connectivity index (χ3n) is 9.07. The number of carbonyl (C=O) groups excluding carboxylic acids is 5. The Hall–Kier alpha value is -3.37. The monoisotopic (exact) mass is 584 g/mol. The molecule has 2 aliphatic heterocycles. The van der Waals surface area contributed by atoms with Gasteiger partial charge in [-0.25, -0.2) is 9.59 Å². The summed E-state index contributed by atoms with van der Waals surface area (Å²) in [5.41, 5.74) is -1.87. The first-order valence-corrected chi connectivity index (χ1v) is 14.7. The maximum atomic E-state index is 13.6. The number of aliphatic hydroxyl groups is 2. The van der Waals surface area contributed by atoms with Crippen LogP contribution in [0.3, 0.4) is 0 Å². The van der Waals surface area contributed by atoms with Crippen molar-refractivity contribution in [2.75, 3.05) is 7.11 Å². The van der Waals surface area contributed by atoms with Crippen LogP contribution in [0.25, 0.3) is 0 Å². The molecule has 0 amide bonds. The highest BCUT2D eigenvalue weighted by Gasteiger charge is 2.72. The molecule has 4 aliphatic rings. The van der Waals surface area contributed by atoms with E-state index in [0.29, 0.717) is 12.8 Å². The van der Waals surface area contributed by atoms with Gasteiger partial charge in [-0.3, -0.25) is 14.4 Å². The van der Waals surface area contributed by atoms with Crippen LogP contribution in [0.5, 0.6) is 0 Å². The van der Waals surface area contributed by atoms with Crippen LogP contribution in [0.15, 0.2) is 47.1 Å². The second kappa shape index (κ2) is 12.9. The number of carbonyl (C=O) groups is 5. The number of hydrogen-bond donors (Lipinski definition) is 2. The molecule has 42 heavy (non-hydrogen) atoms. The standard InChI is InChI=1S/C32H40O10/c1-4-6-8-9-10-12-13-19-15-24-31(18-25(35)40-3)17-21-26(29(37)41-28(21)36)27(32(24,39)42-30(31)38)20(19)16-23(34)22(33)14-11-7-5-2/h4-7,15,19-20,23,27,34,39H,8-14,16-18H2,1-3H3/b6-4+,7-5+/t19-,20+,23+,27+,31-,32+/m0/s1. The topological polar surface area (TPSA) is 154 Å². The van der Waals surface area contributed by atoms with Gasteiger partial charge in [-0.2, -0.15) is 0 Å². The molecule has 0 radical (unpaired) electrons. The first-order valence-electron chi connectivity index (χ1n) is 14.7. The Labute approximate surface area is 245 Å². The summed E-state index contributed by atoms with van der Waals surface area (Å²) in [6.07, 6.45) is 11.6. The molecule has 0 aromatic carbocycles. The molecule has 10 nitrogen and oxygen atoms in total. The van der Waals surface area contributed by atoms with Crippen molar-refractivity contribution < 1.29 is 48.4 Å². The molecule has 1 fully saturated rings. The Morgan fingerprint density at radius 1 is 1.10 bits per heavy atom. The molecule has 2 aliphatic carbocycles. The zero-order valence-corrected chi connectivity index (χ0v) is 24.4. The van der Waals surface area contributed by atoms with Crippen LogP contribution in [0.2, 0.25) is 0 Å². The van der Waals surface area contributed by atoms with Crippen molar-refractivity contribution in [2.45, 2.75) is 89.9 Å². The number of Topliss-reactive ketones (excluding diaryl/α,β-unsaturated/α-hetero) is 1. The van der Waals surface area contributed by atoms with E-state index in [1.807, 2.05) is 32.1 Å². The minimum Gasteiger partial charge on any atom is -0.469 e. The number of rotatable bonds is 14. The molecule has 0 aromatic rings. The smallest absolute Gasteiger partial charge is 0.343 e. The highest BCUT2D eigenvalue weighted by molar-refractivity contribution is 6.14. The minimum absolute atomic E-state index is 0.0988. The maximum Gasteiger partial charge on any atom is 0.343 e. The van der Waals surface area contributed by atoms with Gasteiger partial charge in [0.05, 0.1) is 30.6 Å². The fourth-order valence-electron chi connectivity index (χ4n) is 7.02. The number of cyclic esters (lactones) is 2. The molecule has 10 heteroatoms. The first kappa shape index (κ1) is 31.6. The molecule has 2 N–H and O–H groups in total. The second-order valence-electron chi connectivity index (χ2n) is 11.6. The van der Waals surface area contributed by atoms with Gasteiger partial charge >= 0.3 is 23.9 Å². The highest BCUT2D eigenvalue weighted by Crippen LogP contribution is 2.64. The van der Waals surface area contributed by atoms with Crippen molar-refractivity contribution in [1.82, 2.24) is 0 Å². The summed E-state index contributed by atoms with van der Waals surface area (Å²) in [4.78, 5) is 65.1. The van der Waals surface area contributed by atoms with Crippen LogP contribution in [-0.2, 0) is 38.2 Å². The molecule has 6 atom stereocenters. The van der Waals surface area contributed by atoms with Gasteiger partial charge in [-0.05, 0) is 57.8 Å². The van der Waals surface area contributed by atoms with E-state index in [2.05, 4.69) is 6.08 Å². The van der Waals surface area contributed by atoms with Crippen LogP contribution in [0.1, 0.15) is 78.1 Å². The lowest BCUT2D eigenvalue weighted by molar-refractivity contribution is -0.206. The lowest BCUT2D eigenvalue weighted by atomic mass is 9.61. The number of allylic oxidation sites excluding steroid dienone is 5. The van der Waals surface area contributed by atoms with Crippen molar-refractivity contribution in [3.05, 3.63) is 47.1 Å². The SMILES string of the molecule is C/C=C/CCCCC[C@H]1C=C2[C@@]3(CC(=O)OC)CC4=C(C(=O)OC4=O)[C@@H]([C@@H]1C[C@@H](O)C(=O)CC/C=C/C)[C@]2(O)OC3=O. The van der Waals surface area contributed by atoms with Gasteiger partial charge in [0.2, 0.25) is 5.79 Å². The summed E-state index contributed by atoms with van der Waals surface area (Å²) in [6.45, 7) is 3.79. The zero-order valence-electron chi connectivity index (χ0n) is 24.4. The lowest BCUT2D eigenvalue weighted by Gasteiger charge is -2.45. The van der Waals surface area contributed by atoms with Gasteiger partial charge in [0.15, 0.2) is 5.78 Å². The summed E-state index contributed by atoms with van der Waals surface area (Å²) in [5, 5.41) is 23.2. The van der Waals surface area contributed by atoms with Gasteiger partial charge in [-0.15, -0.1) is 0 Å². The Morgan fingerprint density at radius 2 is 1.81 bits per heavy atom. The largest absolute Gasteiger partial charge is 0.469 e. The van der Waals surface area contributed by atoms with E-state index in [1.54, 1.807) is 6.08 Å². The minimum atomic E-state index is -2.37. The molecule has 0 unspecified atom stereocenters. The fourth-order valence-corrected chi connectivity index (χ4v) is 7.02. The third kappa shape index (κ3) is 5.66. The van der Waals surface area contributed by atoms with Gasteiger partial charge < -0.3 is 24.4 Å². The summed E-state index contributed by atoms with van der Waals surface area (Å²) in [6, 6.07) is 0. The second-order valence-corrected chi connectivity index (χ2v) is 11.6. The van der Waals surface area contributed by atoms with E-state index in [4.69, 9.17) is 14.2 Å². The first-order chi connectivity index (χ1) is 20.0. The number of fused-ring (bicyclic) bond motifs is 1. The predicted octanol–water partition coefficient (Wildman–Crippen LogP) is 3.56. The predicted molar refractivity (Wildman–Crippen MR) is 149 cm³/mol. The normalized spacial score (nSPS) is 30.7. The molecule has 0 spiro atoms. The van der Waals surface area contributed by atoms with E-state index in [1.165, 1.54) is 7.11 Å². The molecular formula is C32H40O10. The van der Waals surface area contributed by atoms with Crippen LogP contribution in [0, 0.1) is 23.2 Å². The van der Waals surface area contributed by atoms with Gasteiger partial charge in [0, 0.05) is 18.4 Å². The van der Waals surface area contributed by atoms with Crippen molar-refractivity contribution in [3.8, 4) is 0 Å². The Kier molecular flexibility index (Phi) is 9.67. The summed E-state index contributed by atoms with van der Waals surface area (Å²) in [7, 11) is 1.17. The van der Waals surface area contributed by atoms with Crippen LogP contribution in [0.4, 0.5) is 0 Å². The molecular weight excluding hydrogens is 544 g/mol. The van der Waals surface area contributed by atoms with E-state index in [-0.39, 0.29) is 36.0 Å². The number of ketones is 1. The van der Waals surface area contributed by atoms with Gasteiger partial charge in [-0.1, -0.05) is 43.2 Å². The van der Waals surface area contributed by atoms with E-state index >= 15 is 0 Å². The average Bonchev–Trinajstić information content (AvgIpc) is 3.31. The number of unbranched alkanes of at least 4 members (excludes halogenated alkanes) is 3. The molecule has 4 rings (SSSR count). The molecule has 0 saturated carbocycles. The molecule has 228 valence electrons. The van der Waals surface area contributed by atoms with E-state index in [0.717, 1.165) is 25.7 Å². The van der Waals surface area contributed by atoms with Gasteiger partial charge in [0.25, 0.3) is 0 Å². The quantitative estimate of drug-likeness (QED) is 0.102. The Bertz CT molecular complexity index is 1260. The average molecular weight is 585 g/mol. The number of methoxy groups -OCH3 is 1. The number of aliphatic hydroxyl groups excluding tert-OH is 1. The van der Waals surface area contributed by atoms with E-state index < -0.39 is 71.1 Å². The van der Waals surface area contributed by atoms with Crippen LogP contribution >= 0.6 is 0 Å². The van der Waals surface area contributed by atoms with Crippen molar-refractivity contribution in [2.24, 2.45) is 23.2 Å². The van der Waals surface area contributed by atoms with E-state index in [9.17, 15) is 34.2 Å². The summed E-state index contributed by atoms with van der Waals surface area (Å²) >= 11 is 0. The number of esters is 4. The summed E-state index contributed by atoms with van der Waals surface area (Å²) < 4.78 is 15.5. The molecule has 4 bridgehead atoms. The van der Waals surface area contributed by atoms with Crippen molar-refractivity contribution >= 4 is 29.7 Å². The zero-order chi connectivity index (χ0) is 30.7. The highest BCUT2D eigenvalue weighted by atomic mass is 16.7. The van der Waals surface area contributed by atoms with Crippen LogP contribution in [-0.4, -0.2) is 58.9 Å². The van der Waals surface area contributed by atoms with Crippen LogP contribution < -0.4 is 0 Å². The Morgan fingerprint density at radius 3 is 2.50 bits per heavy atom. The lowest BCUT2D eigenvalue weighted by Crippen LogP contribution is -2.51. The third-order valence-corrected chi connectivity index (χ3v) is 9.07. The molecule has 1 saturated heterocycles. The van der Waals surface area contributed by atoms with Gasteiger partial charge in [0.1, 0.15) is 11.5 Å². The maximum absolute atomic E-state index is 13.6. The number of ether oxygens (including phenoxy) is 3. The number of hydrogen-bond acceptors (Lipinski definition) is 10. The van der Waals surface area contributed by atoms with Crippen molar-refractivity contribution in [3.63, 3.8) is 0 Å². The Balaban J connectivity index is 1.81.